The highest BCUT2D eigenvalue weighted by molar-refractivity contribution is 5.99. The van der Waals surface area contributed by atoms with Crippen LogP contribution < -0.4 is 5.32 Å². The van der Waals surface area contributed by atoms with Gasteiger partial charge in [-0.1, -0.05) is 6.08 Å². The molecule has 0 bridgehead atoms. The van der Waals surface area contributed by atoms with Crippen molar-refractivity contribution in [3.05, 3.63) is 23.5 Å². The zero-order valence-corrected chi connectivity index (χ0v) is 8.96. The molecule has 0 aliphatic rings. The number of nitrogens with one attached hydrogen (secondary N) is 1. The van der Waals surface area contributed by atoms with Gasteiger partial charge in [0.25, 0.3) is 0 Å². The van der Waals surface area contributed by atoms with Crippen molar-refractivity contribution in [3.63, 3.8) is 0 Å². The Hall–Kier alpha value is -1.58. The molecule has 0 unspecified atom stereocenters. The quantitative estimate of drug-likeness (QED) is 0.724. The van der Waals surface area contributed by atoms with Crippen molar-refractivity contribution in [2.45, 2.75) is 20.8 Å². The third-order valence-corrected chi connectivity index (χ3v) is 2.08. The fourth-order valence-electron chi connectivity index (χ4n) is 1.27. The Labute approximate surface area is 83.6 Å². The van der Waals surface area contributed by atoms with E-state index >= 15 is 0 Å². The van der Waals surface area contributed by atoms with Crippen LogP contribution in [-0.4, -0.2) is 15.7 Å². The molecule has 0 aliphatic heterocycles. The van der Waals surface area contributed by atoms with Crippen LogP contribution >= 0.6 is 0 Å². The molecule has 1 amide bonds. The Morgan fingerprint density at radius 1 is 1.50 bits per heavy atom. The first-order valence-corrected chi connectivity index (χ1v) is 4.50. The number of rotatable bonds is 2. The number of anilines is 1. The maximum Gasteiger partial charge on any atom is 0.248 e. The molecule has 4 nitrogen and oxygen atoms in total. The van der Waals surface area contributed by atoms with Crippen molar-refractivity contribution in [2.24, 2.45) is 7.05 Å². The van der Waals surface area contributed by atoms with Crippen LogP contribution in [0.1, 0.15) is 18.3 Å². The fraction of sp³-hybridized carbons (Fsp3) is 0.400. The van der Waals surface area contributed by atoms with Crippen LogP contribution in [0.15, 0.2) is 12.2 Å². The number of allylic oxidation sites excluding steroid dienone is 1. The lowest BCUT2D eigenvalue weighted by Gasteiger charge is -2.01. The molecular weight excluding hydrogens is 178 g/mol. The first-order valence-electron chi connectivity index (χ1n) is 4.50. The molecule has 76 valence electrons. The van der Waals surface area contributed by atoms with Crippen molar-refractivity contribution < 1.29 is 4.79 Å². The Bertz CT molecular complexity index is 377. The van der Waals surface area contributed by atoms with E-state index in [-0.39, 0.29) is 5.91 Å². The minimum atomic E-state index is -0.119. The predicted octanol–water partition coefficient (Wildman–Crippen LogP) is 1.55. The van der Waals surface area contributed by atoms with E-state index in [4.69, 9.17) is 0 Å². The minimum absolute atomic E-state index is 0.119. The second kappa shape index (κ2) is 4.09. The highest BCUT2D eigenvalue weighted by atomic mass is 16.1. The minimum Gasteiger partial charge on any atom is -0.319 e. The molecule has 0 aliphatic carbocycles. The van der Waals surface area contributed by atoms with Crippen molar-refractivity contribution in [1.29, 1.82) is 0 Å². The Balaban J connectivity index is 2.91. The summed E-state index contributed by atoms with van der Waals surface area (Å²) in [7, 11) is 1.85. The van der Waals surface area contributed by atoms with E-state index in [1.165, 1.54) is 6.08 Å². The molecule has 0 atom stereocenters. The van der Waals surface area contributed by atoms with Gasteiger partial charge >= 0.3 is 0 Å². The number of aromatic nitrogens is 2. The first kappa shape index (κ1) is 10.5. The zero-order chi connectivity index (χ0) is 10.7. The third-order valence-electron chi connectivity index (χ3n) is 2.08. The van der Waals surface area contributed by atoms with Crippen LogP contribution in [0.4, 0.5) is 5.69 Å². The predicted molar refractivity (Wildman–Crippen MR) is 56.1 cm³/mol. The number of amides is 1. The van der Waals surface area contributed by atoms with Gasteiger partial charge in [0.2, 0.25) is 5.91 Å². The van der Waals surface area contributed by atoms with E-state index in [9.17, 15) is 4.79 Å². The molecule has 0 radical (unpaired) electrons. The van der Waals surface area contributed by atoms with Gasteiger partial charge in [-0.2, -0.15) is 5.10 Å². The molecule has 0 saturated carbocycles. The third kappa shape index (κ3) is 2.02. The summed E-state index contributed by atoms with van der Waals surface area (Å²) in [6.07, 6.45) is 3.20. The molecule has 0 aromatic carbocycles. The van der Waals surface area contributed by atoms with Gasteiger partial charge in [-0.25, -0.2) is 0 Å². The molecule has 14 heavy (non-hydrogen) atoms. The highest BCUT2D eigenvalue weighted by Crippen LogP contribution is 2.17. The molecule has 1 rings (SSSR count). The standard InChI is InChI=1S/C10H15N3O/c1-5-6-9(14)11-10-7(2)12-13(4)8(10)3/h5-6H,1-4H3,(H,11,14). The summed E-state index contributed by atoms with van der Waals surface area (Å²) in [4.78, 5) is 11.3. The summed E-state index contributed by atoms with van der Waals surface area (Å²) in [5, 5.41) is 6.99. The SMILES string of the molecule is CC=CC(=O)Nc1c(C)nn(C)c1C. The molecule has 4 heteroatoms. The molecular formula is C10H15N3O. The number of hydrogen-bond donors (Lipinski definition) is 1. The van der Waals surface area contributed by atoms with E-state index in [2.05, 4.69) is 10.4 Å². The van der Waals surface area contributed by atoms with Crippen LogP contribution in [0.2, 0.25) is 0 Å². The largest absolute Gasteiger partial charge is 0.319 e. The molecule has 0 fully saturated rings. The molecule has 1 aromatic rings. The van der Waals surface area contributed by atoms with Gasteiger partial charge in [0.1, 0.15) is 0 Å². The maximum absolute atomic E-state index is 11.3. The van der Waals surface area contributed by atoms with Crippen LogP contribution in [0.5, 0.6) is 0 Å². The van der Waals surface area contributed by atoms with Crippen molar-refractivity contribution >= 4 is 11.6 Å². The van der Waals surface area contributed by atoms with Crippen LogP contribution in [0.3, 0.4) is 0 Å². The second-order valence-electron chi connectivity index (χ2n) is 3.16. The lowest BCUT2D eigenvalue weighted by Crippen LogP contribution is -2.09. The molecule has 1 heterocycles. The van der Waals surface area contributed by atoms with Gasteiger partial charge in [0.05, 0.1) is 17.1 Å². The lowest BCUT2D eigenvalue weighted by atomic mass is 10.3. The van der Waals surface area contributed by atoms with Gasteiger partial charge in [-0.3, -0.25) is 9.48 Å². The summed E-state index contributed by atoms with van der Waals surface area (Å²) in [6, 6.07) is 0. The van der Waals surface area contributed by atoms with Crippen molar-refractivity contribution in [3.8, 4) is 0 Å². The van der Waals surface area contributed by atoms with Crippen LogP contribution in [0, 0.1) is 13.8 Å². The first-order chi connectivity index (χ1) is 6.56. The zero-order valence-electron chi connectivity index (χ0n) is 8.96. The van der Waals surface area contributed by atoms with Gasteiger partial charge in [-0.15, -0.1) is 0 Å². The number of nitrogens with zero attached hydrogens (tertiary/aromatic N) is 2. The maximum atomic E-state index is 11.3. The Kier molecular flexibility index (Phi) is 3.06. The van der Waals surface area contributed by atoms with Gasteiger partial charge in [-0.05, 0) is 26.8 Å². The van der Waals surface area contributed by atoms with Crippen LogP contribution in [-0.2, 0) is 11.8 Å². The average Bonchev–Trinajstić information content (AvgIpc) is 2.33. The Morgan fingerprint density at radius 2 is 2.14 bits per heavy atom. The lowest BCUT2D eigenvalue weighted by molar-refractivity contribution is -0.111. The number of carbonyl (C=O) groups excluding carboxylic acids is 1. The normalized spacial score (nSPS) is 10.9. The molecule has 1 N–H and O–H groups in total. The van der Waals surface area contributed by atoms with E-state index in [0.717, 1.165) is 17.1 Å². The van der Waals surface area contributed by atoms with Crippen LogP contribution in [0.25, 0.3) is 0 Å². The topological polar surface area (TPSA) is 46.9 Å². The number of aryl methyl sites for hydroxylation is 2. The summed E-state index contributed by atoms with van der Waals surface area (Å²) < 4.78 is 1.75. The fourth-order valence-corrected chi connectivity index (χ4v) is 1.27. The van der Waals surface area contributed by atoms with E-state index < -0.39 is 0 Å². The molecule has 0 saturated heterocycles. The monoisotopic (exact) mass is 193 g/mol. The summed E-state index contributed by atoms with van der Waals surface area (Å²) in [5.74, 6) is -0.119. The Morgan fingerprint density at radius 3 is 2.57 bits per heavy atom. The summed E-state index contributed by atoms with van der Waals surface area (Å²) >= 11 is 0. The second-order valence-corrected chi connectivity index (χ2v) is 3.16. The summed E-state index contributed by atoms with van der Waals surface area (Å²) in [5.41, 5.74) is 2.60. The van der Waals surface area contributed by atoms with E-state index in [1.807, 2.05) is 27.8 Å². The van der Waals surface area contributed by atoms with Crippen molar-refractivity contribution in [2.75, 3.05) is 5.32 Å². The van der Waals surface area contributed by atoms with E-state index in [1.54, 1.807) is 10.8 Å². The van der Waals surface area contributed by atoms with Gasteiger partial charge in [0, 0.05) is 7.05 Å². The summed E-state index contributed by atoms with van der Waals surface area (Å²) in [6.45, 7) is 5.60. The van der Waals surface area contributed by atoms with Gasteiger partial charge < -0.3 is 5.32 Å². The smallest absolute Gasteiger partial charge is 0.248 e. The van der Waals surface area contributed by atoms with E-state index in [0.29, 0.717) is 0 Å². The molecule has 0 spiro atoms. The van der Waals surface area contributed by atoms with Crippen molar-refractivity contribution in [1.82, 2.24) is 9.78 Å². The number of carbonyl (C=O) groups is 1. The average molecular weight is 193 g/mol. The van der Waals surface area contributed by atoms with Gasteiger partial charge in [0.15, 0.2) is 0 Å². The molecule has 1 aromatic heterocycles. The highest BCUT2D eigenvalue weighted by Gasteiger charge is 2.10. The number of hydrogen-bond acceptors (Lipinski definition) is 2.